The molecule has 5 heteroatoms. The Morgan fingerprint density at radius 2 is 2.05 bits per heavy atom. The highest BCUT2D eigenvalue weighted by Gasteiger charge is 2.21. The largest absolute Gasteiger partial charge is 0.481 e. The molecule has 0 saturated carbocycles. The summed E-state index contributed by atoms with van der Waals surface area (Å²) in [6, 6.07) is 3.96. The van der Waals surface area contributed by atoms with Crippen LogP contribution in [0.1, 0.15) is 43.1 Å². The third-order valence-electron chi connectivity index (χ3n) is 3.13. The van der Waals surface area contributed by atoms with Crippen LogP contribution in [0.3, 0.4) is 0 Å². The highest BCUT2D eigenvalue weighted by atomic mass is 32.1. The van der Waals surface area contributed by atoms with Gasteiger partial charge in [-0.25, -0.2) is 9.97 Å². The smallest absolute Gasteiger partial charge is 0.212 e. The molecule has 2 aromatic heterocycles. The van der Waals surface area contributed by atoms with Crippen LogP contribution >= 0.6 is 11.3 Å². The minimum Gasteiger partial charge on any atom is -0.481 e. The number of hydrogen-bond donors (Lipinski definition) is 1. The van der Waals surface area contributed by atoms with Crippen molar-refractivity contribution in [2.24, 2.45) is 0 Å². The van der Waals surface area contributed by atoms with Crippen LogP contribution in [0, 0.1) is 0 Å². The molecule has 2 aromatic rings. The van der Waals surface area contributed by atoms with Crippen molar-refractivity contribution in [3.63, 3.8) is 0 Å². The Bertz CT molecular complexity index is 557. The average molecular weight is 291 g/mol. The zero-order chi connectivity index (χ0) is 14.8. The van der Waals surface area contributed by atoms with E-state index in [1.54, 1.807) is 18.4 Å². The second-order valence-corrected chi connectivity index (χ2v) is 6.57. The van der Waals surface area contributed by atoms with Crippen LogP contribution in [0.5, 0.6) is 5.88 Å². The van der Waals surface area contributed by atoms with Crippen molar-refractivity contribution in [3.8, 4) is 5.88 Å². The lowest BCUT2D eigenvalue weighted by Gasteiger charge is -2.16. The first-order chi connectivity index (χ1) is 9.45. The molecular weight excluding hydrogens is 270 g/mol. The standard InChI is InChI=1S/C15H21N3OS/c1-15(2,3)11-9-20-14(18-11)13(16-4)10-6-7-12(19-5)17-8-10/h6-9,13,16H,1-5H3. The van der Waals surface area contributed by atoms with Gasteiger partial charge in [0, 0.05) is 23.1 Å². The molecule has 0 bridgehead atoms. The summed E-state index contributed by atoms with van der Waals surface area (Å²) in [5.74, 6) is 0.623. The predicted molar refractivity (Wildman–Crippen MR) is 82.5 cm³/mol. The van der Waals surface area contributed by atoms with E-state index in [1.165, 1.54) is 0 Å². The molecule has 2 heterocycles. The third-order valence-corrected chi connectivity index (χ3v) is 4.04. The van der Waals surface area contributed by atoms with Crippen LogP contribution in [0.25, 0.3) is 0 Å². The van der Waals surface area contributed by atoms with E-state index in [2.05, 4.69) is 36.5 Å². The van der Waals surface area contributed by atoms with Gasteiger partial charge in [0.1, 0.15) is 5.01 Å². The monoisotopic (exact) mass is 291 g/mol. The molecule has 4 nitrogen and oxygen atoms in total. The Labute approximate surface area is 124 Å². The molecule has 0 aromatic carbocycles. The maximum Gasteiger partial charge on any atom is 0.212 e. The van der Waals surface area contributed by atoms with Crippen molar-refractivity contribution in [2.75, 3.05) is 14.2 Å². The molecule has 0 aliphatic carbocycles. The summed E-state index contributed by atoms with van der Waals surface area (Å²) >= 11 is 1.68. The Kier molecular flexibility index (Phi) is 4.40. The molecule has 1 atom stereocenters. The van der Waals surface area contributed by atoms with Gasteiger partial charge in [0.25, 0.3) is 0 Å². The normalized spacial score (nSPS) is 13.2. The minimum absolute atomic E-state index is 0.0644. The first-order valence-electron chi connectivity index (χ1n) is 6.59. The van der Waals surface area contributed by atoms with Gasteiger partial charge in [-0.05, 0) is 12.6 Å². The Balaban J connectivity index is 2.29. The van der Waals surface area contributed by atoms with E-state index in [-0.39, 0.29) is 11.5 Å². The van der Waals surface area contributed by atoms with Crippen molar-refractivity contribution < 1.29 is 4.74 Å². The van der Waals surface area contributed by atoms with Crippen LogP contribution in [0.15, 0.2) is 23.7 Å². The second kappa shape index (κ2) is 5.89. The van der Waals surface area contributed by atoms with Crippen LogP contribution in [-0.4, -0.2) is 24.1 Å². The summed E-state index contributed by atoms with van der Waals surface area (Å²) in [7, 11) is 3.56. The Morgan fingerprint density at radius 3 is 2.50 bits per heavy atom. The second-order valence-electron chi connectivity index (χ2n) is 5.68. The van der Waals surface area contributed by atoms with E-state index < -0.39 is 0 Å². The molecule has 0 saturated heterocycles. The fourth-order valence-corrected chi connectivity index (χ4v) is 3.06. The highest BCUT2D eigenvalue weighted by molar-refractivity contribution is 7.09. The van der Waals surface area contributed by atoms with Gasteiger partial charge < -0.3 is 10.1 Å². The van der Waals surface area contributed by atoms with Gasteiger partial charge in [-0.1, -0.05) is 26.8 Å². The van der Waals surface area contributed by atoms with Crippen LogP contribution in [-0.2, 0) is 5.41 Å². The van der Waals surface area contributed by atoms with Crippen LogP contribution < -0.4 is 10.1 Å². The van der Waals surface area contributed by atoms with Crippen molar-refractivity contribution in [1.29, 1.82) is 0 Å². The number of nitrogens with zero attached hydrogens (tertiary/aromatic N) is 2. The van der Waals surface area contributed by atoms with E-state index in [0.717, 1.165) is 16.3 Å². The number of ether oxygens (including phenoxy) is 1. The maximum atomic E-state index is 5.09. The van der Waals surface area contributed by atoms with E-state index in [4.69, 9.17) is 9.72 Å². The SMILES string of the molecule is CNC(c1ccc(OC)nc1)c1nc(C(C)(C)C)cs1. The minimum atomic E-state index is 0.0644. The molecule has 1 unspecified atom stereocenters. The number of nitrogens with one attached hydrogen (secondary N) is 1. The third kappa shape index (κ3) is 3.16. The summed E-state index contributed by atoms with van der Waals surface area (Å²) in [6.45, 7) is 6.53. The highest BCUT2D eigenvalue weighted by Crippen LogP contribution is 2.29. The van der Waals surface area contributed by atoms with Crippen LogP contribution in [0.2, 0.25) is 0 Å². The van der Waals surface area contributed by atoms with Crippen molar-refractivity contribution in [2.45, 2.75) is 32.2 Å². The van der Waals surface area contributed by atoms with E-state index in [0.29, 0.717) is 5.88 Å². The molecule has 0 amide bonds. The lowest BCUT2D eigenvalue weighted by molar-refractivity contribution is 0.397. The number of hydrogen-bond acceptors (Lipinski definition) is 5. The summed E-state index contributed by atoms with van der Waals surface area (Å²) in [4.78, 5) is 9.03. The van der Waals surface area contributed by atoms with Gasteiger partial charge in [-0.2, -0.15) is 0 Å². The van der Waals surface area contributed by atoms with E-state index in [1.807, 2.05) is 25.4 Å². The molecule has 0 fully saturated rings. The number of pyridine rings is 1. The first kappa shape index (κ1) is 14.9. The van der Waals surface area contributed by atoms with Crippen molar-refractivity contribution >= 4 is 11.3 Å². The van der Waals surface area contributed by atoms with Gasteiger partial charge in [0.2, 0.25) is 5.88 Å². The quantitative estimate of drug-likeness (QED) is 0.940. The summed E-state index contributed by atoms with van der Waals surface area (Å²) in [5, 5.41) is 6.50. The lowest BCUT2D eigenvalue weighted by Crippen LogP contribution is -2.19. The van der Waals surface area contributed by atoms with Crippen molar-refractivity contribution in [3.05, 3.63) is 40.0 Å². The molecule has 108 valence electrons. The Hall–Kier alpha value is -1.46. The van der Waals surface area contributed by atoms with Gasteiger partial charge >= 0.3 is 0 Å². The molecule has 0 aliphatic rings. The summed E-state index contributed by atoms with van der Waals surface area (Å²) in [6.07, 6.45) is 1.83. The number of aromatic nitrogens is 2. The van der Waals surface area contributed by atoms with E-state index in [9.17, 15) is 0 Å². The fourth-order valence-electron chi connectivity index (χ4n) is 1.88. The predicted octanol–water partition coefficient (Wildman–Crippen LogP) is 3.15. The Morgan fingerprint density at radius 1 is 1.30 bits per heavy atom. The molecule has 20 heavy (non-hydrogen) atoms. The first-order valence-corrected chi connectivity index (χ1v) is 7.46. The molecule has 0 radical (unpaired) electrons. The number of methoxy groups -OCH3 is 1. The lowest BCUT2D eigenvalue weighted by atomic mass is 9.93. The van der Waals surface area contributed by atoms with Crippen LogP contribution in [0.4, 0.5) is 0 Å². The summed E-state index contributed by atoms with van der Waals surface area (Å²) < 4.78 is 5.09. The molecular formula is C15H21N3OS. The molecule has 1 N–H and O–H groups in total. The zero-order valence-corrected chi connectivity index (χ0v) is 13.4. The fraction of sp³-hybridized carbons (Fsp3) is 0.467. The summed E-state index contributed by atoms with van der Waals surface area (Å²) in [5.41, 5.74) is 2.29. The number of thiazole rings is 1. The van der Waals surface area contributed by atoms with Gasteiger partial charge in [-0.15, -0.1) is 11.3 Å². The molecule has 0 spiro atoms. The topological polar surface area (TPSA) is 47.0 Å². The maximum absolute atomic E-state index is 5.09. The average Bonchev–Trinajstić information content (AvgIpc) is 2.90. The van der Waals surface area contributed by atoms with Crippen molar-refractivity contribution in [1.82, 2.24) is 15.3 Å². The molecule has 0 aliphatic heterocycles. The van der Waals surface area contributed by atoms with Gasteiger partial charge in [-0.3, -0.25) is 0 Å². The zero-order valence-electron chi connectivity index (χ0n) is 12.6. The van der Waals surface area contributed by atoms with E-state index >= 15 is 0 Å². The number of rotatable bonds is 4. The van der Waals surface area contributed by atoms with Gasteiger partial charge in [0.05, 0.1) is 18.8 Å². The molecule has 2 rings (SSSR count). The van der Waals surface area contributed by atoms with Gasteiger partial charge in [0.15, 0.2) is 0 Å².